The topological polar surface area (TPSA) is 46.9 Å². The third-order valence-electron chi connectivity index (χ3n) is 2.23. The van der Waals surface area contributed by atoms with Crippen molar-refractivity contribution in [3.8, 4) is 0 Å². The number of hydrogen-bond donors (Lipinski definition) is 1. The molecule has 0 fully saturated rings. The van der Waals surface area contributed by atoms with Gasteiger partial charge in [0.15, 0.2) is 0 Å². The smallest absolute Gasteiger partial charge is 0.380 e. The number of halogens is 4. The zero-order valence-corrected chi connectivity index (χ0v) is 10.9. The highest BCUT2D eigenvalue weighted by molar-refractivity contribution is 6.32. The molecule has 8 heteroatoms. The molecule has 0 bridgehead atoms. The van der Waals surface area contributed by atoms with E-state index in [1.165, 1.54) is 19.2 Å². The predicted octanol–water partition coefficient (Wildman–Crippen LogP) is 2.84. The van der Waals surface area contributed by atoms with E-state index in [0.29, 0.717) is 0 Å². The second-order valence-corrected chi connectivity index (χ2v) is 4.39. The molecule has 1 atom stereocenters. The first-order valence-electron chi connectivity index (χ1n) is 5.44. The Bertz CT molecular complexity index is 513. The van der Waals surface area contributed by atoms with Gasteiger partial charge in [-0.15, -0.1) is 6.58 Å². The highest BCUT2D eigenvalue weighted by Crippen LogP contribution is 2.24. The van der Waals surface area contributed by atoms with Crippen LogP contribution in [0.4, 0.5) is 18.9 Å². The summed E-state index contributed by atoms with van der Waals surface area (Å²) in [6.07, 6.45) is -2.63. The zero-order chi connectivity index (χ0) is 14.6. The van der Waals surface area contributed by atoms with Gasteiger partial charge in [0, 0.05) is 6.04 Å². The van der Waals surface area contributed by atoms with E-state index in [1.54, 1.807) is 0 Å². The zero-order valence-electron chi connectivity index (χ0n) is 10.2. The molecule has 0 spiro atoms. The molecule has 0 aliphatic heterocycles. The maximum atomic E-state index is 12.2. The summed E-state index contributed by atoms with van der Waals surface area (Å²) in [5.41, 5.74) is -0.491. The molecule has 1 heterocycles. The Morgan fingerprint density at radius 2 is 2.26 bits per heavy atom. The number of alkyl halides is 3. The molecule has 106 valence electrons. The Morgan fingerprint density at radius 3 is 2.79 bits per heavy atom. The van der Waals surface area contributed by atoms with Crippen LogP contribution in [0, 0.1) is 0 Å². The second kappa shape index (κ2) is 6.10. The number of aromatic nitrogens is 2. The summed E-state index contributed by atoms with van der Waals surface area (Å²) in [6, 6.07) is -0.908. The third-order valence-corrected chi connectivity index (χ3v) is 2.59. The number of nitrogens with zero attached hydrogens (tertiary/aromatic N) is 2. The van der Waals surface area contributed by atoms with Crippen molar-refractivity contribution >= 4 is 17.3 Å². The van der Waals surface area contributed by atoms with Crippen molar-refractivity contribution in [1.82, 2.24) is 9.78 Å². The van der Waals surface area contributed by atoms with E-state index in [2.05, 4.69) is 17.0 Å². The van der Waals surface area contributed by atoms with E-state index in [0.717, 1.165) is 4.68 Å². The van der Waals surface area contributed by atoms with Crippen LogP contribution in [0.25, 0.3) is 0 Å². The lowest BCUT2D eigenvalue weighted by Crippen LogP contribution is -2.27. The highest BCUT2D eigenvalue weighted by atomic mass is 35.5. The van der Waals surface area contributed by atoms with Gasteiger partial charge in [-0.2, -0.15) is 18.3 Å². The minimum Gasteiger partial charge on any atom is -0.380 e. The van der Waals surface area contributed by atoms with Crippen LogP contribution >= 0.6 is 11.6 Å². The number of anilines is 1. The summed E-state index contributed by atoms with van der Waals surface area (Å²) in [7, 11) is 0. The first kappa shape index (κ1) is 15.6. The monoisotopic (exact) mass is 295 g/mol. The SMILES string of the molecule is C=CCn1ncc(NC(C)CC(F)(F)F)c(Cl)c1=O. The number of nitrogens with one attached hydrogen (secondary N) is 1. The van der Waals surface area contributed by atoms with Gasteiger partial charge in [0.05, 0.1) is 24.8 Å². The summed E-state index contributed by atoms with van der Waals surface area (Å²) < 4.78 is 37.6. The molecule has 1 rings (SSSR count). The molecule has 0 aliphatic rings. The molecule has 0 saturated carbocycles. The number of hydrogen-bond acceptors (Lipinski definition) is 3. The van der Waals surface area contributed by atoms with Crippen molar-refractivity contribution < 1.29 is 13.2 Å². The Labute approximate surface area is 112 Å². The van der Waals surface area contributed by atoms with Crippen LogP contribution in [0.3, 0.4) is 0 Å². The van der Waals surface area contributed by atoms with E-state index in [4.69, 9.17) is 11.6 Å². The summed E-state index contributed by atoms with van der Waals surface area (Å²) in [5.74, 6) is 0. The minimum atomic E-state index is -4.29. The lowest BCUT2D eigenvalue weighted by molar-refractivity contribution is -0.136. The van der Waals surface area contributed by atoms with Gasteiger partial charge in [0.25, 0.3) is 5.56 Å². The molecular weight excluding hydrogens is 283 g/mol. The van der Waals surface area contributed by atoms with Crippen molar-refractivity contribution in [3.63, 3.8) is 0 Å². The number of allylic oxidation sites excluding steroid dienone is 1. The summed E-state index contributed by atoms with van der Waals surface area (Å²) in [4.78, 5) is 11.7. The van der Waals surface area contributed by atoms with Crippen LogP contribution in [0.1, 0.15) is 13.3 Å². The molecule has 19 heavy (non-hydrogen) atoms. The van der Waals surface area contributed by atoms with Gasteiger partial charge < -0.3 is 5.32 Å². The van der Waals surface area contributed by atoms with Gasteiger partial charge in [0.2, 0.25) is 0 Å². The normalized spacial score (nSPS) is 13.1. The molecule has 1 aromatic rings. The van der Waals surface area contributed by atoms with Crippen LogP contribution in [0.5, 0.6) is 0 Å². The fraction of sp³-hybridized carbons (Fsp3) is 0.455. The molecule has 4 nitrogen and oxygen atoms in total. The average Bonchev–Trinajstić information content (AvgIpc) is 2.26. The van der Waals surface area contributed by atoms with Crippen molar-refractivity contribution in [1.29, 1.82) is 0 Å². The summed E-state index contributed by atoms with van der Waals surface area (Å²) >= 11 is 5.80. The maximum absolute atomic E-state index is 12.2. The molecule has 0 aromatic carbocycles. The summed E-state index contributed by atoms with van der Waals surface area (Å²) in [5, 5.41) is 6.12. The van der Waals surface area contributed by atoms with Crippen molar-refractivity contribution in [2.45, 2.75) is 32.1 Å². The van der Waals surface area contributed by atoms with Crippen LogP contribution in [-0.2, 0) is 6.54 Å². The molecule has 1 aromatic heterocycles. The molecule has 0 amide bonds. The molecule has 1 unspecified atom stereocenters. The quantitative estimate of drug-likeness (QED) is 0.850. The first-order chi connectivity index (χ1) is 8.74. The molecule has 1 N–H and O–H groups in total. The fourth-order valence-electron chi connectivity index (χ4n) is 1.48. The van der Waals surface area contributed by atoms with Gasteiger partial charge >= 0.3 is 6.18 Å². The third kappa shape index (κ3) is 4.59. The second-order valence-electron chi connectivity index (χ2n) is 4.01. The van der Waals surface area contributed by atoms with E-state index in [1.807, 2.05) is 0 Å². The van der Waals surface area contributed by atoms with E-state index in [9.17, 15) is 18.0 Å². The number of rotatable bonds is 5. The van der Waals surface area contributed by atoms with Gasteiger partial charge in [-0.3, -0.25) is 4.79 Å². The van der Waals surface area contributed by atoms with Gasteiger partial charge in [-0.25, -0.2) is 4.68 Å². The molecular formula is C11H13ClF3N3O. The molecule has 0 aliphatic carbocycles. The molecule has 0 radical (unpaired) electrons. The van der Waals surface area contributed by atoms with Crippen molar-refractivity contribution in [2.24, 2.45) is 0 Å². The minimum absolute atomic E-state index is 0.0868. The Kier molecular flexibility index (Phi) is 4.99. The van der Waals surface area contributed by atoms with Crippen LogP contribution in [0.15, 0.2) is 23.6 Å². The Morgan fingerprint density at radius 1 is 1.63 bits per heavy atom. The van der Waals surface area contributed by atoms with Gasteiger partial charge in [-0.1, -0.05) is 17.7 Å². The van der Waals surface area contributed by atoms with Crippen molar-refractivity contribution in [3.05, 3.63) is 34.2 Å². The van der Waals surface area contributed by atoms with Gasteiger partial charge in [-0.05, 0) is 6.92 Å². The fourth-order valence-corrected chi connectivity index (χ4v) is 1.68. The van der Waals surface area contributed by atoms with Crippen LogP contribution < -0.4 is 10.9 Å². The largest absolute Gasteiger partial charge is 0.391 e. The highest BCUT2D eigenvalue weighted by Gasteiger charge is 2.30. The van der Waals surface area contributed by atoms with Crippen molar-refractivity contribution in [2.75, 3.05) is 5.32 Å². The summed E-state index contributed by atoms with van der Waals surface area (Å²) in [6.45, 7) is 4.98. The molecule has 0 saturated heterocycles. The van der Waals surface area contributed by atoms with E-state index >= 15 is 0 Å². The van der Waals surface area contributed by atoms with Crippen LogP contribution in [0.2, 0.25) is 5.02 Å². The Hall–Kier alpha value is -1.50. The van der Waals surface area contributed by atoms with E-state index in [-0.39, 0.29) is 17.3 Å². The first-order valence-corrected chi connectivity index (χ1v) is 5.82. The lowest BCUT2D eigenvalue weighted by Gasteiger charge is -2.17. The van der Waals surface area contributed by atoms with Gasteiger partial charge in [0.1, 0.15) is 5.02 Å². The average molecular weight is 296 g/mol. The Balaban J connectivity index is 2.89. The maximum Gasteiger partial charge on any atom is 0.391 e. The van der Waals surface area contributed by atoms with Crippen LogP contribution in [-0.4, -0.2) is 22.0 Å². The van der Waals surface area contributed by atoms with E-state index < -0.39 is 24.2 Å². The standard InChI is InChI=1S/C11H13ClF3N3O/c1-3-4-18-10(19)9(12)8(6-16-18)17-7(2)5-11(13,14)15/h3,6-7,17H,1,4-5H2,2H3. The predicted molar refractivity (Wildman–Crippen MR) is 67.5 cm³/mol. The lowest BCUT2D eigenvalue weighted by atomic mass is 10.2.